The summed E-state index contributed by atoms with van der Waals surface area (Å²) in [6, 6.07) is 5.68. The van der Waals surface area contributed by atoms with Gasteiger partial charge in [-0.15, -0.1) is 0 Å². The molecule has 31 heavy (non-hydrogen) atoms. The zero-order chi connectivity index (χ0) is 22.2. The van der Waals surface area contributed by atoms with Crippen LogP contribution in [0.25, 0.3) is 10.9 Å². The first kappa shape index (κ1) is 21.8. The lowest BCUT2D eigenvalue weighted by molar-refractivity contribution is -0.144. The summed E-state index contributed by atoms with van der Waals surface area (Å²) in [7, 11) is 0. The Bertz CT molecular complexity index is 1140. The number of alkyl halides is 3. The summed E-state index contributed by atoms with van der Waals surface area (Å²) in [6.45, 7) is 3.37. The molecule has 1 aromatic carbocycles. The molecule has 1 unspecified atom stereocenters. The third-order valence-electron chi connectivity index (χ3n) is 5.70. The summed E-state index contributed by atoms with van der Waals surface area (Å²) < 4.78 is 42.8. The molecule has 164 valence electrons. The van der Waals surface area contributed by atoms with E-state index in [1.165, 1.54) is 16.3 Å². The van der Waals surface area contributed by atoms with Crippen LogP contribution in [0.15, 0.2) is 46.6 Å². The maximum Gasteiger partial charge on any atom is 0.431 e. The van der Waals surface area contributed by atoms with Crippen LogP contribution in [0.3, 0.4) is 0 Å². The second-order valence-corrected chi connectivity index (χ2v) is 8.64. The zero-order valence-electron chi connectivity index (χ0n) is 17.3. The van der Waals surface area contributed by atoms with E-state index in [1.807, 2.05) is 13.2 Å². The van der Waals surface area contributed by atoms with Crippen molar-refractivity contribution in [3.63, 3.8) is 0 Å². The standard InChI is InChI=1S/C22H23F3N4OS/c1-14-5-6-18-17(8-14)19(30)9-20(22(23,24)25)29(18)13-16-4-3-7-28(16)12-15-10-26-21(31-2)27-11-15/h5-6,8-11,16H,3-4,7,12-13H2,1-2H3. The van der Waals surface area contributed by atoms with Gasteiger partial charge in [-0.2, -0.15) is 13.2 Å². The van der Waals surface area contributed by atoms with Crippen molar-refractivity contribution in [1.82, 2.24) is 19.4 Å². The fourth-order valence-corrected chi connectivity index (χ4v) is 4.53. The molecule has 0 radical (unpaired) electrons. The first-order valence-corrected chi connectivity index (χ1v) is 11.3. The molecule has 4 rings (SSSR count). The van der Waals surface area contributed by atoms with Crippen LogP contribution in [0, 0.1) is 6.92 Å². The first-order chi connectivity index (χ1) is 14.8. The Kier molecular flexibility index (Phi) is 6.07. The smallest absolute Gasteiger partial charge is 0.335 e. The topological polar surface area (TPSA) is 51.0 Å². The Morgan fingerprint density at radius 3 is 2.61 bits per heavy atom. The lowest BCUT2D eigenvalue weighted by Crippen LogP contribution is -2.35. The van der Waals surface area contributed by atoms with E-state index >= 15 is 0 Å². The second-order valence-electron chi connectivity index (χ2n) is 7.87. The number of hydrogen-bond donors (Lipinski definition) is 0. The van der Waals surface area contributed by atoms with Gasteiger partial charge in [-0.05, 0) is 44.7 Å². The van der Waals surface area contributed by atoms with Crippen LogP contribution in [0.1, 0.15) is 29.7 Å². The van der Waals surface area contributed by atoms with E-state index in [1.54, 1.807) is 30.6 Å². The zero-order valence-corrected chi connectivity index (χ0v) is 18.1. The Labute approximate surface area is 182 Å². The Morgan fingerprint density at radius 2 is 1.94 bits per heavy atom. The molecule has 9 heteroatoms. The fourth-order valence-electron chi connectivity index (χ4n) is 4.21. The van der Waals surface area contributed by atoms with Crippen LogP contribution in [-0.4, -0.2) is 38.3 Å². The summed E-state index contributed by atoms with van der Waals surface area (Å²) in [5.74, 6) is 0. The number of aromatic nitrogens is 3. The predicted octanol–water partition coefficient (Wildman–Crippen LogP) is 4.51. The van der Waals surface area contributed by atoms with Gasteiger partial charge in [-0.25, -0.2) is 9.97 Å². The molecule has 1 saturated heterocycles. The normalized spacial score (nSPS) is 17.5. The number of pyridine rings is 1. The molecule has 1 aliphatic rings. The largest absolute Gasteiger partial charge is 0.431 e. The number of fused-ring (bicyclic) bond motifs is 1. The van der Waals surface area contributed by atoms with Gasteiger partial charge in [0, 0.05) is 48.5 Å². The molecule has 1 aliphatic heterocycles. The first-order valence-electron chi connectivity index (χ1n) is 10.1. The second kappa shape index (κ2) is 8.63. The molecular weight excluding hydrogens is 425 g/mol. The van der Waals surface area contributed by atoms with E-state index in [0.717, 1.165) is 36.6 Å². The minimum absolute atomic E-state index is 0.0756. The molecule has 3 heterocycles. The van der Waals surface area contributed by atoms with Crippen LogP contribution in [0.2, 0.25) is 0 Å². The lowest BCUT2D eigenvalue weighted by Gasteiger charge is -2.28. The van der Waals surface area contributed by atoms with Gasteiger partial charge >= 0.3 is 6.18 Å². The highest BCUT2D eigenvalue weighted by Gasteiger charge is 2.36. The molecule has 0 saturated carbocycles. The summed E-state index contributed by atoms with van der Waals surface area (Å²) in [5.41, 5.74) is 0.600. The number of hydrogen-bond acceptors (Lipinski definition) is 5. The number of likely N-dealkylation sites (tertiary alicyclic amines) is 1. The van der Waals surface area contributed by atoms with E-state index in [0.29, 0.717) is 22.6 Å². The monoisotopic (exact) mass is 448 g/mol. The molecule has 2 aromatic heterocycles. The van der Waals surface area contributed by atoms with Gasteiger partial charge in [0.05, 0.1) is 5.52 Å². The summed E-state index contributed by atoms with van der Waals surface area (Å²) in [4.78, 5) is 23.2. The van der Waals surface area contributed by atoms with Crippen LogP contribution < -0.4 is 5.43 Å². The molecule has 0 spiro atoms. The highest BCUT2D eigenvalue weighted by molar-refractivity contribution is 7.98. The Balaban J connectivity index is 1.69. The van der Waals surface area contributed by atoms with E-state index in [2.05, 4.69) is 14.9 Å². The molecule has 0 bridgehead atoms. The third-order valence-corrected chi connectivity index (χ3v) is 6.28. The molecule has 5 nitrogen and oxygen atoms in total. The van der Waals surface area contributed by atoms with Crippen molar-refractivity contribution in [3.05, 3.63) is 63.7 Å². The fraction of sp³-hybridized carbons (Fsp3) is 0.409. The van der Waals surface area contributed by atoms with Crippen LogP contribution in [-0.2, 0) is 19.3 Å². The van der Waals surface area contributed by atoms with E-state index in [9.17, 15) is 18.0 Å². The molecule has 1 fully saturated rings. The van der Waals surface area contributed by atoms with Gasteiger partial charge in [-0.3, -0.25) is 9.69 Å². The van der Waals surface area contributed by atoms with Gasteiger partial charge < -0.3 is 4.57 Å². The molecule has 3 aromatic rings. The number of thioether (sulfide) groups is 1. The number of halogens is 3. The minimum Gasteiger partial charge on any atom is -0.335 e. The average molecular weight is 449 g/mol. The maximum absolute atomic E-state index is 13.8. The van der Waals surface area contributed by atoms with Gasteiger partial charge in [-0.1, -0.05) is 23.4 Å². The number of benzene rings is 1. The Morgan fingerprint density at radius 1 is 1.19 bits per heavy atom. The number of nitrogens with zero attached hydrogens (tertiary/aromatic N) is 4. The van der Waals surface area contributed by atoms with Crippen molar-refractivity contribution in [1.29, 1.82) is 0 Å². The van der Waals surface area contributed by atoms with E-state index in [-0.39, 0.29) is 12.6 Å². The van der Waals surface area contributed by atoms with Crippen molar-refractivity contribution in [2.75, 3.05) is 12.8 Å². The summed E-state index contributed by atoms with van der Waals surface area (Å²) in [5, 5.41) is 1.00. The third kappa shape index (κ3) is 4.62. The van der Waals surface area contributed by atoms with E-state index in [4.69, 9.17) is 0 Å². The maximum atomic E-state index is 13.8. The summed E-state index contributed by atoms with van der Waals surface area (Å²) in [6.07, 6.45) is 2.54. The van der Waals surface area contributed by atoms with Crippen LogP contribution in [0.4, 0.5) is 13.2 Å². The van der Waals surface area contributed by atoms with Gasteiger partial charge in [0.2, 0.25) is 0 Å². The van der Waals surface area contributed by atoms with Crippen molar-refractivity contribution in [2.45, 2.75) is 50.2 Å². The van der Waals surface area contributed by atoms with Crippen molar-refractivity contribution < 1.29 is 13.2 Å². The lowest BCUT2D eigenvalue weighted by atomic mass is 10.1. The van der Waals surface area contributed by atoms with Crippen molar-refractivity contribution in [2.24, 2.45) is 0 Å². The molecule has 0 amide bonds. The number of aryl methyl sites for hydroxylation is 1. The van der Waals surface area contributed by atoms with Crippen molar-refractivity contribution in [3.8, 4) is 0 Å². The predicted molar refractivity (Wildman–Crippen MR) is 115 cm³/mol. The molecule has 0 N–H and O–H groups in total. The highest BCUT2D eigenvalue weighted by atomic mass is 32.2. The summed E-state index contributed by atoms with van der Waals surface area (Å²) >= 11 is 1.46. The molecule has 0 aliphatic carbocycles. The highest BCUT2D eigenvalue weighted by Crippen LogP contribution is 2.32. The van der Waals surface area contributed by atoms with Crippen LogP contribution in [0.5, 0.6) is 0 Å². The van der Waals surface area contributed by atoms with E-state index < -0.39 is 17.3 Å². The van der Waals surface area contributed by atoms with Gasteiger partial charge in [0.15, 0.2) is 10.6 Å². The molecule has 1 atom stereocenters. The SMILES string of the molecule is CSc1ncc(CN2CCCC2Cn2c(C(F)(F)F)cc(=O)c3cc(C)ccc32)cn1. The average Bonchev–Trinajstić information content (AvgIpc) is 3.16. The molecular formula is C22H23F3N4OS. The quantitative estimate of drug-likeness (QED) is 0.425. The van der Waals surface area contributed by atoms with Crippen molar-refractivity contribution >= 4 is 22.7 Å². The minimum atomic E-state index is -4.61. The van der Waals surface area contributed by atoms with Gasteiger partial charge in [0.1, 0.15) is 5.69 Å². The van der Waals surface area contributed by atoms with Crippen LogP contribution >= 0.6 is 11.8 Å². The van der Waals surface area contributed by atoms with Gasteiger partial charge in [0.25, 0.3) is 0 Å². The Hall–Kier alpha value is -2.39. The number of rotatable bonds is 5.